The fourth-order valence-corrected chi connectivity index (χ4v) is 2.29. The Kier molecular flexibility index (Phi) is 3.71. The zero-order valence-electron chi connectivity index (χ0n) is 9.41. The van der Waals surface area contributed by atoms with Gasteiger partial charge in [-0.15, -0.1) is 0 Å². The van der Waals surface area contributed by atoms with Crippen molar-refractivity contribution in [2.24, 2.45) is 0 Å². The van der Waals surface area contributed by atoms with E-state index in [1.807, 2.05) is 12.1 Å². The summed E-state index contributed by atoms with van der Waals surface area (Å²) < 4.78 is 5.15. The minimum Gasteiger partial charge on any atom is -0.497 e. The van der Waals surface area contributed by atoms with Crippen LogP contribution >= 0.6 is 0 Å². The molecule has 2 heteroatoms. The molecule has 1 aliphatic carbocycles. The van der Waals surface area contributed by atoms with Gasteiger partial charge in [0.25, 0.3) is 0 Å². The lowest BCUT2D eigenvalue weighted by atomic mass is 9.55. The van der Waals surface area contributed by atoms with Crippen LogP contribution in [0.2, 0.25) is 5.82 Å². The molecule has 1 nitrogen and oxygen atoms in total. The summed E-state index contributed by atoms with van der Waals surface area (Å²) in [6.07, 6.45) is 6.96. The minimum atomic E-state index is 0.798. The lowest BCUT2D eigenvalue weighted by Crippen LogP contribution is -2.21. The van der Waals surface area contributed by atoms with Gasteiger partial charge in [0.05, 0.1) is 7.11 Å². The van der Waals surface area contributed by atoms with Gasteiger partial charge < -0.3 is 4.74 Å². The molecule has 1 aromatic rings. The zero-order valence-corrected chi connectivity index (χ0v) is 9.41. The fourth-order valence-electron chi connectivity index (χ4n) is 2.29. The van der Waals surface area contributed by atoms with Crippen LogP contribution in [0.25, 0.3) is 0 Å². The lowest BCUT2D eigenvalue weighted by Gasteiger charge is -2.20. The lowest BCUT2D eigenvalue weighted by molar-refractivity contribution is 0.415. The van der Waals surface area contributed by atoms with Gasteiger partial charge in [-0.25, -0.2) is 0 Å². The van der Waals surface area contributed by atoms with Crippen molar-refractivity contribution in [3.63, 3.8) is 0 Å². The highest BCUT2D eigenvalue weighted by atomic mass is 16.5. The summed E-state index contributed by atoms with van der Waals surface area (Å²) in [6, 6.07) is 8.37. The van der Waals surface area contributed by atoms with Crippen LogP contribution < -0.4 is 10.2 Å². The van der Waals surface area contributed by atoms with E-state index >= 15 is 0 Å². The molecule has 15 heavy (non-hydrogen) atoms. The van der Waals surface area contributed by atoms with Crippen molar-refractivity contribution in [2.45, 2.75) is 37.9 Å². The third kappa shape index (κ3) is 3.02. The van der Waals surface area contributed by atoms with Gasteiger partial charge in [-0.3, -0.25) is 0 Å². The van der Waals surface area contributed by atoms with E-state index in [9.17, 15) is 0 Å². The predicted octanol–water partition coefficient (Wildman–Crippen LogP) is 2.78. The number of ether oxygens (including phenoxy) is 1. The van der Waals surface area contributed by atoms with Crippen molar-refractivity contribution in [2.75, 3.05) is 7.11 Å². The highest BCUT2D eigenvalue weighted by molar-refractivity contribution is 6.55. The maximum Gasteiger partial charge on any atom is 0.155 e. The maximum absolute atomic E-state index is 5.15. The van der Waals surface area contributed by atoms with Crippen LogP contribution in [0, 0.1) is 0 Å². The molecule has 0 aromatic heterocycles. The van der Waals surface area contributed by atoms with E-state index in [1.165, 1.54) is 37.6 Å². The van der Waals surface area contributed by atoms with Crippen LogP contribution in [0.1, 0.15) is 32.1 Å². The maximum atomic E-state index is 5.15. The Hall–Kier alpha value is -0.915. The summed E-state index contributed by atoms with van der Waals surface area (Å²) in [5.41, 5.74) is 1.34. The van der Waals surface area contributed by atoms with E-state index in [0.29, 0.717) is 0 Å². The van der Waals surface area contributed by atoms with Gasteiger partial charge in [-0.1, -0.05) is 55.5 Å². The van der Waals surface area contributed by atoms with E-state index in [0.717, 1.165) is 11.6 Å². The summed E-state index contributed by atoms with van der Waals surface area (Å²) in [7, 11) is 4.12. The second-order valence-corrected chi connectivity index (χ2v) is 4.34. The van der Waals surface area contributed by atoms with Crippen LogP contribution in [0.3, 0.4) is 0 Å². The van der Waals surface area contributed by atoms with Gasteiger partial charge >= 0.3 is 0 Å². The molecule has 0 bridgehead atoms. The Bertz CT molecular complexity index is 288. The van der Waals surface area contributed by atoms with Gasteiger partial charge in [0.2, 0.25) is 0 Å². The average molecular weight is 201 g/mol. The first-order valence-electron chi connectivity index (χ1n) is 5.87. The summed E-state index contributed by atoms with van der Waals surface area (Å²) in [4.78, 5) is 0. The molecule has 0 N–H and O–H groups in total. The second-order valence-electron chi connectivity index (χ2n) is 4.34. The summed E-state index contributed by atoms with van der Waals surface area (Å²) in [5.74, 6) is 1.74. The molecule has 1 aliphatic rings. The van der Waals surface area contributed by atoms with Crippen LogP contribution in [-0.4, -0.2) is 14.4 Å². The SMILES string of the molecule is COc1ccc([B]C2CCCCC2)cc1. The first-order valence-corrected chi connectivity index (χ1v) is 5.87. The Balaban J connectivity index is 1.91. The molecule has 2 rings (SSSR count). The molecule has 0 saturated heterocycles. The quantitative estimate of drug-likeness (QED) is 0.683. The topological polar surface area (TPSA) is 9.23 Å². The van der Waals surface area contributed by atoms with Crippen LogP contribution in [0.4, 0.5) is 0 Å². The van der Waals surface area contributed by atoms with Crippen molar-refractivity contribution in [3.8, 4) is 5.75 Å². The smallest absolute Gasteiger partial charge is 0.155 e. The van der Waals surface area contributed by atoms with Crippen molar-refractivity contribution < 1.29 is 4.74 Å². The molecule has 0 atom stereocenters. The van der Waals surface area contributed by atoms with Gasteiger partial charge in [-0.2, -0.15) is 0 Å². The van der Waals surface area contributed by atoms with E-state index in [4.69, 9.17) is 4.74 Å². The molecule has 1 aromatic carbocycles. The Morgan fingerprint density at radius 3 is 2.33 bits per heavy atom. The summed E-state index contributed by atoms with van der Waals surface area (Å²) in [6.45, 7) is 0. The van der Waals surface area contributed by atoms with E-state index in [-0.39, 0.29) is 0 Å². The normalized spacial score (nSPS) is 17.4. The monoisotopic (exact) mass is 201 g/mol. The molecule has 0 unspecified atom stereocenters. The third-order valence-corrected chi connectivity index (χ3v) is 3.19. The molecular formula is C13H18BO. The Labute approximate surface area is 93.1 Å². The highest BCUT2D eigenvalue weighted by Crippen LogP contribution is 2.27. The molecule has 0 heterocycles. The summed E-state index contributed by atoms with van der Waals surface area (Å²) in [5, 5.41) is 0. The molecule has 79 valence electrons. The van der Waals surface area contributed by atoms with E-state index < -0.39 is 0 Å². The zero-order chi connectivity index (χ0) is 10.5. The number of hydrogen-bond acceptors (Lipinski definition) is 1. The van der Waals surface area contributed by atoms with Gasteiger partial charge in [0.1, 0.15) is 5.75 Å². The number of methoxy groups -OCH3 is 1. The highest BCUT2D eigenvalue weighted by Gasteiger charge is 2.14. The van der Waals surface area contributed by atoms with E-state index in [1.54, 1.807) is 7.11 Å². The number of benzene rings is 1. The Morgan fingerprint density at radius 2 is 1.73 bits per heavy atom. The summed E-state index contributed by atoms with van der Waals surface area (Å²) >= 11 is 0. The minimum absolute atomic E-state index is 0.798. The molecule has 0 aliphatic heterocycles. The van der Waals surface area contributed by atoms with Crippen molar-refractivity contribution in [1.29, 1.82) is 0 Å². The molecule has 1 saturated carbocycles. The first kappa shape index (κ1) is 10.6. The van der Waals surface area contributed by atoms with Crippen LogP contribution in [0.15, 0.2) is 24.3 Å². The van der Waals surface area contributed by atoms with Crippen LogP contribution in [-0.2, 0) is 0 Å². The fraction of sp³-hybridized carbons (Fsp3) is 0.538. The number of hydrogen-bond donors (Lipinski definition) is 0. The van der Waals surface area contributed by atoms with Gasteiger partial charge in [0.15, 0.2) is 7.28 Å². The standard InChI is InChI=1S/C13H18BO/c1-15-13-9-7-12(8-10-13)14-11-5-3-2-4-6-11/h7-11H,2-6H2,1H3. The number of rotatable bonds is 3. The van der Waals surface area contributed by atoms with Gasteiger partial charge in [-0.05, 0) is 12.1 Å². The van der Waals surface area contributed by atoms with Gasteiger partial charge in [0, 0.05) is 0 Å². The second kappa shape index (κ2) is 5.25. The molecule has 1 fully saturated rings. The first-order chi connectivity index (χ1) is 7.38. The van der Waals surface area contributed by atoms with Crippen molar-refractivity contribution in [1.82, 2.24) is 0 Å². The van der Waals surface area contributed by atoms with E-state index in [2.05, 4.69) is 19.4 Å². The predicted molar refractivity (Wildman–Crippen MR) is 65.2 cm³/mol. The Morgan fingerprint density at radius 1 is 1.07 bits per heavy atom. The molecule has 0 spiro atoms. The van der Waals surface area contributed by atoms with Crippen molar-refractivity contribution >= 4 is 12.7 Å². The van der Waals surface area contributed by atoms with Crippen molar-refractivity contribution in [3.05, 3.63) is 24.3 Å². The molecule has 1 radical (unpaired) electrons. The van der Waals surface area contributed by atoms with Crippen LogP contribution in [0.5, 0.6) is 5.75 Å². The third-order valence-electron chi connectivity index (χ3n) is 3.19. The largest absolute Gasteiger partial charge is 0.497 e. The molecule has 0 amide bonds. The average Bonchev–Trinajstić information content (AvgIpc) is 2.31. The molecular weight excluding hydrogens is 183 g/mol.